The van der Waals surface area contributed by atoms with E-state index in [4.69, 9.17) is 9.29 Å². The van der Waals surface area contributed by atoms with Gasteiger partial charge in [-0.2, -0.15) is 8.42 Å². The molecular weight excluding hydrogens is 321 g/mol. The van der Waals surface area contributed by atoms with E-state index in [0.29, 0.717) is 10.8 Å². The molecule has 0 atom stereocenters. The van der Waals surface area contributed by atoms with Gasteiger partial charge in [0, 0.05) is 5.39 Å². The number of carbonyl (C=O) groups excluding carboxylic acids is 1. The number of amides is 1. The number of anilines is 1. The number of phenolic OH excluding ortho intramolecular Hbond substituents is 1. The Morgan fingerprint density at radius 2 is 1.95 bits per heavy atom. The summed E-state index contributed by atoms with van der Waals surface area (Å²) in [6, 6.07) is 6.53. The molecule has 3 N–H and O–H groups in total. The van der Waals surface area contributed by atoms with Gasteiger partial charge in [0.25, 0.3) is 10.1 Å². The molecule has 0 radical (unpaired) electrons. The average Bonchev–Trinajstić information content (AvgIpc) is 2.38. The molecule has 2 rings (SSSR count). The van der Waals surface area contributed by atoms with Gasteiger partial charge < -0.3 is 9.84 Å². The smallest absolute Gasteiger partial charge is 0.508 e. The number of ether oxygens (including phenoxy) is 1. The number of rotatable bonds is 3. The third-order valence-corrected chi connectivity index (χ3v) is 3.55. The molecule has 9 heteroatoms. The van der Waals surface area contributed by atoms with E-state index in [1.54, 1.807) is 6.92 Å². The molecular formula is C13H13NNaO6S+. The molecule has 0 aliphatic heterocycles. The minimum atomic E-state index is -4.43. The first kappa shape index (κ1) is 18.7. The van der Waals surface area contributed by atoms with Gasteiger partial charge in [-0.3, -0.25) is 9.87 Å². The number of hydrogen-bond donors (Lipinski definition) is 3. The first-order valence-electron chi connectivity index (χ1n) is 5.99. The third kappa shape index (κ3) is 4.34. The van der Waals surface area contributed by atoms with E-state index in [0.717, 1.165) is 6.07 Å². The van der Waals surface area contributed by atoms with Crippen LogP contribution in [-0.2, 0) is 14.9 Å². The molecule has 2 aromatic rings. The van der Waals surface area contributed by atoms with Crippen molar-refractivity contribution in [3.8, 4) is 5.75 Å². The van der Waals surface area contributed by atoms with Gasteiger partial charge in [-0.1, -0.05) is 6.07 Å². The predicted octanol–water partition coefficient (Wildman–Crippen LogP) is -0.635. The van der Waals surface area contributed by atoms with Crippen molar-refractivity contribution in [1.82, 2.24) is 0 Å². The fraction of sp³-hybridized carbons (Fsp3) is 0.154. The summed E-state index contributed by atoms with van der Waals surface area (Å²) >= 11 is 0. The van der Waals surface area contributed by atoms with E-state index in [1.165, 1.54) is 24.3 Å². The van der Waals surface area contributed by atoms with E-state index in [2.05, 4.69) is 5.32 Å². The van der Waals surface area contributed by atoms with Crippen LogP contribution < -0.4 is 34.9 Å². The molecule has 112 valence electrons. The summed E-state index contributed by atoms with van der Waals surface area (Å²) in [4.78, 5) is 11.1. The Morgan fingerprint density at radius 1 is 1.27 bits per heavy atom. The molecule has 22 heavy (non-hydrogen) atoms. The van der Waals surface area contributed by atoms with Crippen molar-refractivity contribution in [2.75, 3.05) is 11.9 Å². The zero-order chi connectivity index (χ0) is 15.6. The van der Waals surface area contributed by atoms with Crippen molar-refractivity contribution in [1.29, 1.82) is 0 Å². The van der Waals surface area contributed by atoms with Gasteiger partial charge in [-0.15, -0.1) is 0 Å². The molecule has 0 aliphatic rings. The van der Waals surface area contributed by atoms with Crippen LogP contribution in [0.15, 0.2) is 35.2 Å². The molecule has 0 saturated carbocycles. The fourth-order valence-electron chi connectivity index (χ4n) is 1.85. The average molecular weight is 334 g/mol. The minimum absolute atomic E-state index is 0. The maximum absolute atomic E-state index is 11.5. The molecule has 1 amide bonds. The zero-order valence-electron chi connectivity index (χ0n) is 12.0. The van der Waals surface area contributed by atoms with Gasteiger partial charge in [-0.05, 0) is 36.6 Å². The second-order valence-corrected chi connectivity index (χ2v) is 5.62. The molecule has 2 aromatic carbocycles. The van der Waals surface area contributed by atoms with Crippen LogP contribution in [-0.4, -0.2) is 30.8 Å². The van der Waals surface area contributed by atoms with E-state index in [-0.39, 0.29) is 52.5 Å². The largest absolute Gasteiger partial charge is 1.00 e. The third-order valence-electron chi connectivity index (χ3n) is 2.72. The number of phenols is 1. The fourth-order valence-corrected chi connectivity index (χ4v) is 2.39. The SMILES string of the molecule is CCOC(=O)Nc1cc(S(=O)(=O)O)cc2ccc(O)cc12.[Na+]. The van der Waals surface area contributed by atoms with Gasteiger partial charge >= 0.3 is 35.7 Å². The van der Waals surface area contributed by atoms with Crippen molar-refractivity contribution in [3.63, 3.8) is 0 Å². The number of benzene rings is 2. The van der Waals surface area contributed by atoms with Crippen molar-refractivity contribution in [2.24, 2.45) is 0 Å². The summed E-state index contributed by atoms with van der Waals surface area (Å²) in [5, 5.41) is 12.7. The first-order valence-corrected chi connectivity index (χ1v) is 7.43. The number of fused-ring (bicyclic) bond motifs is 1. The van der Waals surface area contributed by atoms with Crippen LogP contribution in [0.4, 0.5) is 10.5 Å². The Bertz CT molecular complexity index is 806. The van der Waals surface area contributed by atoms with Crippen LogP contribution in [0.3, 0.4) is 0 Å². The topological polar surface area (TPSA) is 113 Å². The van der Waals surface area contributed by atoms with Crippen LogP contribution in [0.5, 0.6) is 5.75 Å². The van der Waals surface area contributed by atoms with Gasteiger partial charge in [0.15, 0.2) is 0 Å². The van der Waals surface area contributed by atoms with Crippen molar-refractivity contribution < 1.29 is 57.2 Å². The minimum Gasteiger partial charge on any atom is -0.508 e. The molecule has 0 unspecified atom stereocenters. The quantitative estimate of drug-likeness (QED) is 0.509. The number of hydrogen-bond acceptors (Lipinski definition) is 5. The van der Waals surface area contributed by atoms with Crippen LogP contribution in [0, 0.1) is 0 Å². The maximum Gasteiger partial charge on any atom is 1.00 e. The molecule has 0 heterocycles. The van der Waals surface area contributed by atoms with Crippen LogP contribution in [0.25, 0.3) is 10.8 Å². The molecule has 0 fully saturated rings. The Hall–Kier alpha value is -1.32. The molecule has 0 bridgehead atoms. The normalized spacial score (nSPS) is 10.8. The molecule has 0 saturated heterocycles. The Kier molecular flexibility index (Phi) is 6.21. The van der Waals surface area contributed by atoms with Crippen molar-refractivity contribution >= 4 is 32.7 Å². The second-order valence-electron chi connectivity index (χ2n) is 4.20. The van der Waals surface area contributed by atoms with Gasteiger partial charge in [0.05, 0.1) is 17.2 Å². The van der Waals surface area contributed by atoms with E-state index >= 15 is 0 Å². The van der Waals surface area contributed by atoms with E-state index in [9.17, 15) is 18.3 Å². The van der Waals surface area contributed by atoms with Crippen molar-refractivity contribution in [2.45, 2.75) is 11.8 Å². The molecule has 7 nitrogen and oxygen atoms in total. The van der Waals surface area contributed by atoms with Crippen LogP contribution in [0.1, 0.15) is 6.92 Å². The number of carbonyl (C=O) groups is 1. The second kappa shape index (κ2) is 7.30. The standard InChI is InChI=1S/C13H13NO6S.Na/c1-2-20-13(16)14-12-7-10(21(17,18)19)5-8-3-4-9(15)6-11(8)12;/h3-7,15H,2H2,1H3,(H,14,16)(H,17,18,19);/q;+1. The summed E-state index contributed by atoms with van der Waals surface area (Å²) < 4.78 is 36.4. The maximum atomic E-state index is 11.5. The molecule has 0 spiro atoms. The number of aromatic hydroxyl groups is 1. The van der Waals surface area contributed by atoms with E-state index in [1.807, 2.05) is 0 Å². The zero-order valence-corrected chi connectivity index (χ0v) is 14.8. The molecule has 0 aromatic heterocycles. The Balaban J connectivity index is 0.00000242. The van der Waals surface area contributed by atoms with E-state index < -0.39 is 16.2 Å². The summed E-state index contributed by atoms with van der Waals surface area (Å²) in [5.74, 6) is -0.0472. The summed E-state index contributed by atoms with van der Waals surface area (Å²) in [6.45, 7) is 1.77. The Labute approximate surface area is 149 Å². The van der Waals surface area contributed by atoms with Gasteiger partial charge in [0.2, 0.25) is 0 Å². The monoisotopic (exact) mass is 334 g/mol. The molecule has 0 aliphatic carbocycles. The summed E-state index contributed by atoms with van der Waals surface area (Å²) in [7, 11) is -4.43. The van der Waals surface area contributed by atoms with Gasteiger partial charge in [0.1, 0.15) is 5.75 Å². The Morgan fingerprint density at radius 3 is 2.55 bits per heavy atom. The summed E-state index contributed by atoms with van der Waals surface area (Å²) in [6.07, 6.45) is -0.769. The summed E-state index contributed by atoms with van der Waals surface area (Å²) in [5.41, 5.74) is 0.106. The van der Waals surface area contributed by atoms with Crippen LogP contribution in [0.2, 0.25) is 0 Å². The van der Waals surface area contributed by atoms with Crippen LogP contribution >= 0.6 is 0 Å². The van der Waals surface area contributed by atoms with Gasteiger partial charge in [-0.25, -0.2) is 4.79 Å². The van der Waals surface area contributed by atoms with Crippen molar-refractivity contribution in [3.05, 3.63) is 30.3 Å². The first-order chi connectivity index (χ1) is 9.81. The number of nitrogens with one attached hydrogen (secondary N) is 1. The predicted molar refractivity (Wildman–Crippen MR) is 76.1 cm³/mol.